The number of fused-ring (bicyclic) bond motifs is 1. The lowest BCUT2D eigenvalue weighted by Gasteiger charge is -2.31. The standard InChI is InChI=1S/C20H26N2O3/c1-15(23)21-13-17(14-22-8-10-25-11-9-22)19-5-3-4-16-6-7-18(24-2)12-20(16)19/h3-7,12,17H,8-11,13-14H2,1-2H3,(H,21,23). The number of amides is 1. The number of carbonyl (C=O) groups is 1. The minimum Gasteiger partial charge on any atom is -0.497 e. The quantitative estimate of drug-likeness (QED) is 0.876. The van der Waals surface area contributed by atoms with E-state index in [0.717, 1.165) is 38.6 Å². The number of ether oxygens (including phenoxy) is 2. The third kappa shape index (κ3) is 4.50. The number of hydrogen-bond acceptors (Lipinski definition) is 4. The van der Waals surface area contributed by atoms with Crippen LogP contribution in [0.1, 0.15) is 18.4 Å². The molecule has 3 rings (SSSR count). The Labute approximate surface area is 148 Å². The maximum absolute atomic E-state index is 11.5. The lowest BCUT2D eigenvalue weighted by Crippen LogP contribution is -2.41. The Morgan fingerprint density at radius 3 is 2.80 bits per heavy atom. The molecule has 1 aliphatic heterocycles. The number of carbonyl (C=O) groups excluding carboxylic acids is 1. The molecule has 2 aromatic carbocycles. The normalized spacial score (nSPS) is 16.6. The molecule has 1 unspecified atom stereocenters. The first kappa shape index (κ1) is 17.7. The highest BCUT2D eigenvalue weighted by Crippen LogP contribution is 2.29. The summed E-state index contributed by atoms with van der Waals surface area (Å²) in [5, 5.41) is 5.37. The van der Waals surface area contributed by atoms with Crippen LogP contribution < -0.4 is 10.1 Å². The first-order valence-corrected chi connectivity index (χ1v) is 8.78. The molecule has 1 amide bonds. The van der Waals surface area contributed by atoms with E-state index in [1.165, 1.54) is 16.3 Å². The van der Waals surface area contributed by atoms with E-state index >= 15 is 0 Å². The van der Waals surface area contributed by atoms with E-state index in [-0.39, 0.29) is 11.8 Å². The Balaban J connectivity index is 1.92. The van der Waals surface area contributed by atoms with Crippen LogP contribution in [0.15, 0.2) is 36.4 Å². The molecular weight excluding hydrogens is 316 g/mol. The molecule has 1 fully saturated rings. The monoisotopic (exact) mass is 342 g/mol. The van der Waals surface area contributed by atoms with Gasteiger partial charge < -0.3 is 14.8 Å². The number of nitrogens with one attached hydrogen (secondary N) is 1. The maximum atomic E-state index is 11.5. The van der Waals surface area contributed by atoms with Crippen molar-refractivity contribution >= 4 is 16.7 Å². The minimum absolute atomic E-state index is 0.00444. The smallest absolute Gasteiger partial charge is 0.216 e. The van der Waals surface area contributed by atoms with Gasteiger partial charge in [-0.2, -0.15) is 0 Å². The van der Waals surface area contributed by atoms with Gasteiger partial charge in [-0.1, -0.05) is 24.3 Å². The average molecular weight is 342 g/mol. The molecule has 0 saturated carbocycles. The SMILES string of the molecule is COc1ccc2cccc(C(CNC(C)=O)CN3CCOCC3)c2c1. The van der Waals surface area contributed by atoms with Crippen LogP contribution in [0.4, 0.5) is 0 Å². The van der Waals surface area contributed by atoms with Crippen molar-refractivity contribution in [2.75, 3.05) is 46.5 Å². The summed E-state index contributed by atoms with van der Waals surface area (Å²) in [7, 11) is 1.69. The van der Waals surface area contributed by atoms with Crippen molar-refractivity contribution in [2.24, 2.45) is 0 Å². The van der Waals surface area contributed by atoms with E-state index in [2.05, 4.69) is 40.5 Å². The van der Waals surface area contributed by atoms with E-state index in [4.69, 9.17) is 9.47 Å². The maximum Gasteiger partial charge on any atom is 0.216 e. The zero-order valence-electron chi connectivity index (χ0n) is 15.0. The number of hydrogen-bond donors (Lipinski definition) is 1. The van der Waals surface area contributed by atoms with Gasteiger partial charge in [0.25, 0.3) is 0 Å². The summed E-state index contributed by atoms with van der Waals surface area (Å²) < 4.78 is 10.9. The predicted molar refractivity (Wildman–Crippen MR) is 99.2 cm³/mol. The number of nitrogens with zero attached hydrogens (tertiary/aromatic N) is 1. The van der Waals surface area contributed by atoms with Gasteiger partial charge in [-0.25, -0.2) is 0 Å². The van der Waals surface area contributed by atoms with Crippen molar-refractivity contribution in [2.45, 2.75) is 12.8 Å². The van der Waals surface area contributed by atoms with Crippen molar-refractivity contribution in [3.05, 3.63) is 42.0 Å². The summed E-state index contributed by atoms with van der Waals surface area (Å²) in [5.74, 6) is 1.08. The van der Waals surface area contributed by atoms with E-state index in [1.807, 2.05) is 6.07 Å². The lowest BCUT2D eigenvalue weighted by atomic mass is 9.92. The molecule has 0 aromatic heterocycles. The Bertz CT molecular complexity index is 726. The summed E-state index contributed by atoms with van der Waals surface area (Å²) in [6, 6.07) is 12.5. The van der Waals surface area contributed by atoms with Crippen LogP contribution in [0, 0.1) is 0 Å². The summed E-state index contributed by atoms with van der Waals surface area (Å²) in [6.07, 6.45) is 0. The van der Waals surface area contributed by atoms with Crippen molar-refractivity contribution in [3.63, 3.8) is 0 Å². The lowest BCUT2D eigenvalue weighted by molar-refractivity contribution is -0.119. The minimum atomic E-state index is 0.00444. The van der Waals surface area contributed by atoms with Crippen LogP contribution in [-0.2, 0) is 9.53 Å². The first-order chi connectivity index (χ1) is 12.2. The second-order valence-electron chi connectivity index (χ2n) is 6.48. The summed E-state index contributed by atoms with van der Waals surface area (Å²) in [6.45, 7) is 6.52. The molecule has 5 nitrogen and oxygen atoms in total. The van der Waals surface area contributed by atoms with Crippen LogP contribution in [0.2, 0.25) is 0 Å². The highest BCUT2D eigenvalue weighted by Gasteiger charge is 2.20. The molecule has 5 heteroatoms. The van der Waals surface area contributed by atoms with Gasteiger partial charge in [0.2, 0.25) is 5.91 Å². The Hall–Kier alpha value is -2.11. The van der Waals surface area contributed by atoms with E-state index in [9.17, 15) is 4.79 Å². The third-order valence-electron chi connectivity index (χ3n) is 4.74. The van der Waals surface area contributed by atoms with Crippen molar-refractivity contribution in [3.8, 4) is 5.75 Å². The second kappa shape index (κ2) is 8.32. The van der Waals surface area contributed by atoms with Crippen LogP contribution in [0.3, 0.4) is 0 Å². The number of benzene rings is 2. The molecule has 0 bridgehead atoms. The number of methoxy groups -OCH3 is 1. The molecule has 2 aromatic rings. The zero-order chi connectivity index (χ0) is 17.6. The van der Waals surface area contributed by atoms with Gasteiger partial charge in [-0.3, -0.25) is 9.69 Å². The third-order valence-corrected chi connectivity index (χ3v) is 4.74. The molecule has 1 aliphatic rings. The fourth-order valence-corrected chi connectivity index (χ4v) is 3.39. The second-order valence-corrected chi connectivity index (χ2v) is 6.48. The summed E-state index contributed by atoms with van der Waals surface area (Å²) in [5.41, 5.74) is 1.25. The van der Waals surface area contributed by atoms with Gasteiger partial charge in [-0.15, -0.1) is 0 Å². The predicted octanol–water partition coefficient (Wildman–Crippen LogP) is 2.40. The van der Waals surface area contributed by atoms with Gasteiger partial charge in [0.05, 0.1) is 20.3 Å². The van der Waals surface area contributed by atoms with E-state index in [1.54, 1.807) is 14.0 Å². The fourth-order valence-electron chi connectivity index (χ4n) is 3.39. The number of morpholine rings is 1. The largest absolute Gasteiger partial charge is 0.497 e. The van der Waals surface area contributed by atoms with Crippen LogP contribution >= 0.6 is 0 Å². The molecule has 1 saturated heterocycles. The van der Waals surface area contributed by atoms with E-state index in [0.29, 0.717) is 6.54 Å². The molecule has 1 N–H and O–H groups in total. The molecule has 25 heavy (non-hydrogen) atoms. The highest BCUT2D eigenvalue weighted by atomic mass is 16.5. The summed E-state index contributed by atoms with van der Waals surface area (Å²) in [4.78, 5) is 13.9. The molecule has 1 heterocycles. The van der Waals surface area contributed by atoms with Crippen LogP contribution in [-0.4, -0.2) is 57.3 Å². The van der Waals surface area contributed by atoms with Gasteiger partial charge >= 0.3 is 0 Å². The highest BCUT2D eigenvalue weighted by molar-refractivity contribution is 5.87. The van der Waals surface area contributed by atoms with Gasteiger partial charge in [0, 0.05) is 39.0 Å². The number of rotatable bonds is 6. The van der Waals surface area contributed by atoms with Crippen molar-refractivity contribution in [1.82, 2.24) is 10.2 Å². The molecule has 0 radical (unpaired) electrons. The molecule has 0 aliphatic carbocycles. The average Bonchev–Trinajstić information content (AvgIpc) is 2.65. The van der Waals surface area contributed by atoms with Crippen molar-refractivity contribution < 1.29 is 14.3 Å². The zero-order valence-corrected chi connectivity index (χ0v) is 15.0. The Morgan fingerprint density at radius 2 is 2.08 bits per heavy atom. The Kier molecular flexibility index (Phi) is 5.89. The summed E-state index contributed by atoms with van der Waals surface area (Å²) >= 11 is 0. The first-order valence-electron chi connectivity index (χ1n) is 8.78. The fraction of sp³-hybridized carbons (Fsp3) is 0.450. The topological polar surface area (TPSA) is 50.8 Å². The molecule has 1 atom stereocenters. The van der Waals surface area contributed by atoms with Crippen molar-refractivity contribution in [1.29, 1.82) is 0 Å². The molecule has 134 valence electrons. The van der Waals surface area contributed by atoms with Crippen LogP contribution in [0.25, 0.3) is 10.8 Å². The Morgan fingerprint density at radius 1 is 1.28 bits per heavy atom. The van der Waals surface area contributed by atoms with Crippen LogP contribution in [0.5, 0.6) is 5.75 Å². The van der Waals surface area contributed by atoms with E-state index < -0.39 is 0 Å². The van der Waals surface area contributed by atoms with Gasteiger partial charge in [-0.05, 0) is 28.5 Å². The molecule has 0 spiro atoms. The molecular formula is C20H26N2O3. The van der Waals surface area contributed by atoms with Gasteiger partial charge in [0.15, 0.2) is 0 Å². The van der Waals surface area contributed by atoms with Gasteiger partial charge in [0.1, 0.15) is 5.75 Å².